The zero-order chi connectivity index (χ0) is 16.7. The molecule has 2 saturated heterocycles. The average Bonchev–Trinajstić information content (AvgIpc) is 3.02. The van der Waals surface area contributed by atoms with E-state index in [0.717, 1.165) is 13.0 Å². The van der Waals surface area contributed by atoms with Gasteiger partial charge in [-0.15, -0.1) is 0 Å². The summed E-state index contributed by atoms with van der Waals surface area (Å²) in [6.45, 7) is 4.84. The van der Waals surface area contributed by atoms with Crippen molar-refractivity contribution in [3.63, 3.8) is 0 Å². The lowest BCUT2D eigenvalue weighted by atomic mass is 9.93. The smallest absolute Gasteiger partial charge is 0.252 e. The Labute approximate surface area is 141 Å². The maximum atomic E-state index is 12.4. The summed E-state index contributed by atoms with van der Waals surface area (Å²) in [5, 5.41) is 2.98. The maximum Gasteiger partial charge on any atom is 0.252 e. The van der Waals surface area contributed by atoms with Crippen LogP contribution in [-0.4, -0.2) is 54.0 Å². The summed E-state index contributed by atoms with van der Waals surface area (Å²) in [5.41, 5.74) is 0.568. The molecule has 3 fully saturated rings. The first kappa shape index (κ1) is 15.6. The van der Waals surface area contributed by atoms with Gasteiger partial charge in [-0.05, 0) is 24.5 Å². The fourth-order valence-corrected chi connectivity index (χ4v) is 3.91. The molecule has 1 aromatic rings. The lowest BCUT2D eigenvalue weighted by Gasteiger charge is -2.20. The van der Waals surface area contributed by atoms with Gasteiger partial charge in [-0.2, -0.15) is 0 Å². The highest BCUT2D eigenvalue weighted by molar-refractivity contribution is 5.93. The number of hydrogen-bond donors (Lipinski definition) is 1. The van der Waals surface area contributed by atoms with E-state index in [4.69, 9.17) is 4.74 Å². The van der Waals surface area contributed by atoms with Crippen LogP contribution >= 0.6 is 0 Å². The fourth-order valence-electron chi connectivity index (χ4n) is 3.91. The highest BCUT2D eigenvalue weighted by atomic mass is 16.5. The molecule has 0 bridgehead atoms. The van der Waals surface area contributed by atoms with Crippen molar-refractivity contribution in [3.8, 4) is 0 Å². The molecule has 1 aromatic heterocycles. The van der Waals surface area contributed by atoms with Gasteiger partial charge in [-0.1, -0.05) is 6.92 Å². The largest absolute Gasteiger partial charge is 0.376 e. The summed E-state index contributed by atoms with van der Waals surface area (Å²) < 4.78 is 5.88. The first-order valence-corrected chi connectivity index (χ1v) is 8.72. The van der Waals surface area contributed by atoms with Gasteiger partial charge < -0.3 is 15.0 Å². The monoisotopic (exact) mass is 329 g/mol. The van der Waals surface area contributed by atoms with Crippen molar-refractivity contribution in [2.45, 2.75) is 19.4 Å². The van der Waals surface area contributed by atoms with Crippen LogP contribution in [0.3, 0.4) is 0 Å². The number of amides is 2. The Bertz CT molecular complexity index is 636. The van der Waals surface area contributed by atoms with Crippen LogP contribution in [0.4, 0.5) is 0 Å². The van der Waals surface area contributed by atoms with E-state index in [-0.39, 0.29) is 23.8 Å². The number of nitrogens with one attached hydrogen (secondary N) is 1. The molecule has 6 nitrogen and oxygen atoms in total. The molecule has 6 heteroatoms. The highest BCUT2D eigenvalue weighted by Gasteiger charge is 2.49. The van der Waals surface area contributed by atoms with E-state index < -0.39 is 0 Å². The van der Waals surface area contributed by atoms with E-state index >= 15 is 0 Å². The van der Waals surface area contributed by atoms with Crippen LogP contribution in [0.25, 0.3) is 0 Å². The van der Waals surface area contributed by atoms with Gasteiger partial charge in [-0.3, -0.25) is 14.6 Å². The zero-order valence-electron chi connectivity index (χ0n) is 13.9. The lowest BCUT2D eigenvalue weighted by molar-refractivity contribution is -0.132. The molecule has 1 N–H and O–H groups in total. The number of rotatable bonds is 4. The molecule has 2 aliphatic heterocycles. The summed E-state index contributed by atoms with van der Waals surface area (Å²) >= 11 is 0. The van der Waals surface area contributed by atoms with Gasteiger partial charge >= 0.3 is 0 Å². The number of ether oxygens (including phenoxy) is 1. The van der Waals surface area contributed by atoms with Gasteiger partial charge in [0.1, 0.15) is 0 Å². The second kappa shape index (κ2) is 6.16. The number of hydrogen-bond acceptors (Lipinski definition) is 4. The van der Waals surface area contributed by atoms with E-state index in [1.807, 2.05) is 4.90 Å². The molecule has 5 atom stereocenters. The minimum atomic E-state index is -0.107. The Kier molecular flexibility index (Phi) is 4.00. The number of carbonyl (C=O) groups is 2. The van der Waals surface area contributed by atoms with E-state index in [9.17, 15) is 9.59 Å². The van der Waals surface area contributed by atoms with Crippen LogP contribution in [0, 0.1) is 23.7 Å². The third-order valence-corrected chi connectivity index (χ3v) is 5.63. The van der Waals surface area contributed by atoms with Gasteiger partial charge in [0.25, 0.3) is 5.91 Å². The van der Waals surface area contributed by atoms with Crippen molar-refractivity contribution in [2.24, 2.45) is 23.7 Å². The zero-order valence-corrected chi connectivity index (χ0v) is 13.9. The van der Waals surface area contributed by atoms with E-state index in [0.29, 0.717) is 43.0 Å². The molecular weight excluding hydrogens is 306 g/mol. The normalized spacial score (nSPS) is 34.0. The van der Waals surface area contributed by atoms with Gasteiger partial charge in [-0.25, -0.2) is 0 Å². The third-order valence-electron chi connectivity index (χ3n) is 5.63. The van der Waals surface area contributed by atoms with Gasteiger partial charge in [0, 0.05) is 49.8 Å². The van der Waals surface area contributed by atoms with Crippen molar-refractivity contribution < 1.29 is 14.3 Å². The van der Waals surface area contributed by atoms with Crippen LogP contribution in [0.15, 0.2) is 24.5 Å². The first-order chi connectivity index (χ1) is 11.6. The molecular formula is C18H23N3O3. The minimum Gasteiger partial charge on any atom is -0.376 e. The van der Waals surface area contributed by atoms with E-state index in [1.54, 1.807) is 24.5 Å². The Morgan fingerprint density at radius 3 is 2.96 bits per heavy atom. The van der Waals surface area contributed by atoms with Crippen molar-refractivity contribution >= 4 is 11.8 Å². The van der Waals surface area contributed by atoms with Crippen LogP contribution < -0.4 is 5.32 Å². The summed E-state index contributed by atoms with van der Waals surface area (Å²) in [4.78, 5) is 30.5. The number of likely N-dealkylation sites (tertiary alicyclic amines) is 1. The molecule has 3 heterocycles. The molecule has 128 valence electrons. The predicted octanol–water partition coefficient (Wildman–Crippen LogP) is 0.941. The lowest BCUT2D eigenvalue weighted by Crippen LogP contribution is -2.36. The molecule has 24 heavy (non-hydrogen) atoms. The summed E-state index contributed by atoms with van der Waals surface area (Å²) in [5.74, 6) is 1.55. The quantitative estimate of drug-likeness (QED) is 0.892. The average molecular weight is 329 g/mol. The second-order valence-electron chi connectivity index (χ2n) is 7.31. The van der Waals surface area contributed by atoms with Gasteiger partial charge in [0.2, 0.25) is 5.91 Å². The standard InChI is InChI=1S/C18H23N3O3/c1-11-5-14(11)18(23)21-8-15-13(10-24-16(15)9-21)7-20-17(22)12-3-2-4-19-6-12/h2-4,6,11,13-16H,5,7-10H2,1H3,(H,20,22)/t11-,13+,14-,15-,16-/m1/s1. The molecule has 1 saturated carbocycles. The van der Waals surface area contributed by atoms with E-state index in [2.05, 4.69) is 17.2 Å². The van der Waals surface area contributed by atoms with Crippen molar-refractivity contribution in [3.05, 3.63) is 30.1 Å². The van der Waals surface area contributed by atoms with Gasteiger partial charge in [0.05, 0.1) is 18.3 Å². The molecule has 0 aromatic carbocycles. The number of pyridine rings is 1. The summed E-state index contributed by atoms with van der Waals surface area (Å²) in [6.07, 6.45) is 4.37. The topological polar surface area (TPSA) is 71.5 Å². The number of aromatic nitrogens is 1. The highest BCUT2D eigenvalue weighted by Crippen LogP contribution is 2.41. The number of fused-ring (bicyclic) bond motifs is 1. The molecule has 1 aliphatic carbocycles. The van der Waals surface area contributed by atoms with Crippen molar-refractivity contribution in [2.75, 3.05) is 26.2 Å². The Hall–Kier alpha value is -1.95. The van der Waals surface area contributed by atoms with Crippen LogP contribution in [0.2, 0.25) is 0 Å². The molecule has 4 rings (SSSR count). The van der Waals surface area contributed by atoms with Gasteiger partial charge in [0.15, 0.2) is 0 Å². The van der Waals surface area contributed by atoms with Crippen LogP contribution in [0.5, 0.6) is 0 Å². The SMILES string of the molecule is C[C@@H]1C[C@H]1C(=O)N1C[C@@H]2[C@@H](CNC(=O)c3cccnc3)CO[C@@H]2C1. The number of carbonyl (C=O) groups excluding carboxylic acids is 2. The Morgan fingerprint density at radius 2 is 2.25 bits per heavy atom. The van der Waals surface area contributed by atoms with Crippen molar-refractivity contribution in [1.29, 1.82) is 0 Å². The molecule has 0 spiro atoms. The summed E-state index contributed by atoms with van der Waals surface area (Å²) in [6, 6.07) is 3.51. The molecule has 2 amide bonds. The summed E-state index contributed by atoms with van der Waals surface area (Å²) in [7, 11) is 0. The van der Waals surface area contributed by atoms with Crippen LogP contribution in [-0.2, 0) is 9.53 Å². The molecule has 0 unspecified atom stereocenters. The third kappa shape index (κ3) is 2.90. The van der Waals surface area contributed by atoms with E-state index in [1.165, 1.54) is 0 Å². The fraction of sp³-hybridized carbons (Fsp3) is 0.611. The van der Waals surface area contributed by atoms with Crippen molar-refractivity contribution in [1.82, 2.24) is 15.2 Å². The van der Waals surface area contributed by atoms with Crippen LogP contribution in [0.1, 0.15) is 23.7 Å². The second-order valence-corrected chi connectivity index (χ2v) is 7.31. The molecule has 0 radical (unpaired) electrons. The number of nitrogens with zero attached hydrogens (tertiary/aromatic N) is 2. The predicted molar refractivity (Wildman–Crippen MR) is 87.1 cm³/mol. The molecule has 3 aliphatic rings. The minimum absolute atomic E-state index is 0.107. The maximum absolute atomic E-state index is 12.4. The Morgan fingerprint density at radius 1 is 1.42 bits per heavy atom. The first-order valence-electron chi connectivity index (χ1n) is 8.72. The Balaban J connectivity index is 1.31.